The molecule has 2 N–H and O–H groups in total. The van der Waals surface area contributed by atoms with Crippen molar-refractivity contribution in [2.75, 3.05) is 6.61 Å². The molecule has 0 bridgehead atoms. The summed E-state index contributed by atoms with van der Waals surface area (Å²) >= 11 is 5.83. The number of carbonyl (C=O) groups excluding carboxylic acids is 1. The first-order valence-corrected chi connectivity index (χ1v) is 8.50. The van der Waals surface area contributed by atoms with Crippen LogP contribution in [0.4, 0.5) is 0 Å². The average Bonchev–Trinajstić information content (AvgIpc) is 2.52. The van der Waals surface area contributed by atoms with E-state index in [2.05, 4.69) is 5.43 Å². The number of hydrogen-bond acceptors (Lipinski definition) is 4. The van der Waals surface area contributed by atoms with Crippen LogP contribution in [0.5, 0.6) is 5.75 Å². The number of sulfonamides is 1. The lowest BCUT2D eigenvalue weighted by atomic mass is 10.2. The van der Waals surface area contributed by atoms with E-state index in [0.29, 0.717) is 5.75 Å². The van der Waals surface area contributed by atoms with Crippen LogP contribution in [0.15, 0.2) is 53.4 Å². The molecule has 2 aromatic rings. The van der Waals surface area contributed by atoms with Gasteiger partial charge in [-0.15, -0.1) is 4.83 Å². The number of hydrogen-bond donors (Lipinski definition) is 2. The smallest absolute Gasteiger partial charge is 0.272 e. The Labute approximate surface area is 139 Å². The van der Waals surface area contributed by atoms with E-state index in [0.717, 1.165) is 5.56 Å². The van der Waals surface area contributed by atoms with Gasteiger partial charge < -0.3 is 4.74 Å². The van der Waals surface area contributed by atoms with E-state index in [1.165, 1.54) is 18.2 Å². The number of amides is 1. The molecule has 0 saturated carbocycles. The molecule has 0 saturated heterocycles. The Bertz CT molecular complexity index is 809. The number of carbonyl (C=O) groups is 1. The number of rotatable bonds is 6. The highest BCUT2D eigenvalue weighted by atomic mass is 35.5. The fraction of sp³-hybridized carbons (Fsp3) is 0.133. The first-order chi connectivity index (χ1) is 10.9. The van der Waals surface area contributed by atoms with E-state index in [9.17, 15) is 13.2 Å². The Balaban J connectivity index is 1.92. The summed E-state index contributed by atoms with van der Waals surface area (Å²) < 4.78 is 29.4. The molecule has 0 atom stereocenters. The van der Waals surface area contributed by atoms with Gasteiger partial charge in [-0.1, -0.05) is 41.9 Å². The van der Waals surface area contributed by atoms with Crippen LogP contribution in [0.1, 0.15) is 5.56 Å². The lowest BCUT2D eigenvalue weighted by molar-refractivity contribution is -0.123. The molecule has 0 aliphatic carbocycles. The third-order valence-corrected chi connectivity index (χ3v) is 4.65. The van der Waals surface area contributed by atoms with Crippen LogP contribution in [-0.2, 0) is 14.8 Å². The minimum absolute atomic E-state index is 0.0606. The number of aryl methyl sites for hydroxylation is 1. The SMILES string of the molecule is Cc1ccccc1OCC(=O)NNS(=O)(=O)c1ccccc1Cl. The van der Waals surface area contributed by atoms with Gasteiger partial charge in [-0.25, -0.2) is 8.42 Å². The Morgan fingerprint density at radius 1 is 1.13 bits per heavy atom. The Kier molecular flexibility index (Phi) is 5.59. The molecule has 0 fully saturated rings. The van der Waals surface area contributed by atoms with E-state index in [-0.39, 0.29) is 16.5 Å². The highest BCUT2D eigenvalue weighted by Crippen LogP contribution is 2.19. The van der Waals surface area contributed by atoms with Crippen LogP contribution in [0.3, 0.4) is 0 Å². The fourth-order valence-corrected chi connectivity index (χ4v) is 3.12. The number of para-hydroxylation sites is 1. The van der Waals surface area contributed by atoms with Crippen molar-refractivity contribution in [2.45, 2.75) is 11.8 Å². The van der Waals surface area contributed by atoms with Gasteiger partial charge in [-0.2, -0.15) is 0 Å². The second kappa shape index (κ2) is 7.45. The van der Waals surface area contributed by atoms with Gasteiger partial charge in [0.05, 0.1) is 5.02 Å². The Morgan fingerprint density at radius 3 is 2.48 bits per heavy atom. The molecular formula is C15H15ClN2O4S. The van der Waals surface area contributed by atoms with E-state index >= 15 is 0 Å². The second-order valence-corrected chi connectivity index (χ2v) is 6.70. The van der Waals surface area contributed by atoms with Crippen LogP contribution in [-0.4, -0.2) is 20.9 Å². The molecule has 0 aliphatic rings. The number of ether oxygens (including phenoxy) is 1. The van der Waals surface area contributed by atoms with Crippen molar-refractivity contribution >= 4 is 27.5 Å². The van der Waals surface area contributed by atoms with Crippen LogP contribution in [0, 0.1) is 6.92 Å². The molecule has 23 heavy (non-hydrogen) atoms. The van der Waals surface area contributed by atoms with Crippen LogP contribution >= 0.6 is 11.6 Å². The third kappa shape index (κ3) is 4.69. The van der Waals surface area contributed by atoms with Gasteiger partial charge in [0, 0.05) is 0 Å². The third-order valence-electron chi connectivity index (χ3n) is 2.90. The number of halogens is 1. The summed E-state index contributed by atoms with van der Waals surface area (Å²) in [6.45, 7) is 1.52. The maximum atomic E-state index is 12.0. The van der Waals surface area contributed by atoms with Crippen molar-refractivity contribution in [1.29, 1.82) is 0 Å². The maximum Gasteiger partial charge on any atom is 0.272 e. The molecule has 0 heterocycles. The van der Waals surface area contributed by atoms with Crippen LogP contribution in [0.2, 0.25) is 5.02 Å². The predicted molar refractivity (Wildman–Crippen MR) is 86.6 cm³/mol. The molecular weight excluding hydrogens is 340 g/mol. The topological polar surface area (TPSA) is 84.5 Å². The molecule has 0 aromatic heterocycles. The molecule has 0 radical (unpaired) electrons. The second-order valence-electron chi connectivity index (χ2n) is 4.64. The monoisotopic (exact) mass is 354 g/mol. The van der Waals surface area contributed by atoms with Crippen molar-refractivity contribution in [1.82, 2.24) is 10.3 Å². The lowest BCUT2D eigenvalue weighted by Gasteiger charge is -2.11. The van der Waals surface area contributed by atoms with E-state index in [1.807, 2.05) is 23.9 Å². The number of benzene rings is 2. The molecule has 0 unspecified atom stereocenters. The normalized spacial score (nSPS) is 11.0. The number of nitrogens with one attached hydrogen (secondary N) is 2. The fourth-order valence-electron chi connectivity index (χ4n) is 1.74. The summed E-state index contributed by atoms with van der Waals surface area (Å²) in [4.78, 5) is 13.5. The summed E-state index contributed by atoms with van der Waals surface area (Å²) in [6, 6.07) is 13.1. The zero-order chi connectivity index (χ0) is 16.9. The maximum absolute atomic E-state index is 12.0. The summed E-state index contributed by atoms with van der Waals surface area (Å²) in [5.74, 6) is -0.0829. The summed E-state index contributed by atoms with van der Waals surface area (Å²) in [6.07, 6.45) is 0. The van der Waals surface area contributed by atoms with Gasteiger partial charge in [0.2, 0.25) is 0 Å². The average molecular weight is 355 g/mol. The Morgan fingerprint density at radius 2 is 1.78 bits per heavy atom. The minimum atomic E-state index is -3.95. The van der Waals surface area contributed by atoms with Crippen molar-refractivity contribution in [2.24, 2.45) is 0 Å². The predicted octanol–water partition coefficient (Wildman–Crippen LogP) is 2.04. The highest BCUT2D eigenvalue weighted by molar-refractivity contribution is 7.89. The number of hydrazine groups is 1. The van der Waals surface area contributed by atoms with Gasteiger partial charge in [0.25, 0.3) is 15.9 Å². The molecule has 6 nitrogen and oxygen atoms in total. The van der Waals surface area contributed by atoms with E-state index in [1.54, 1.807) is 18.2 Å². The minimum Gasteiger partial charge on any atom is -0.483 e. The zero-order valence-corrected chi connectivity index (χ0v) is 13.8. The van der Waals surface area contributed by atoms with Crippen molar-refractivity contribution in [3.63, 3.8) is 0 Å². The van der Waals surface area contributed by atoms with Gasteiger partial charge in [-0.3, -0.25) is 10.2 Å². The zero-order valence-electron chi connectivity index (χ0n) is 12.2. The van der Waals surface area contributed by atoms with Gasteiger partial charge in [-0.05, 0) is 30.7 Å². The molecule has 2 rings (SSSR count). The molecule has 8 heteroatoms. The Hall–Kier alpha value is -2.09. The van der Waals surface area contributed by atoms with Crippen molar-refractivity contribution < 1.29 is 17.9 Å². The van der Waals surface area contributed by atoms with Crippen molar-refractivity contribution in [3.8, 4) is 5.75 Å². The van der Waals surface area contributed by atoms with Gasteiger partial charge in [0.1, 0.15) is 10.6 Å². The van der Waals surface area contributed by atoms with Gasteiger partial charge in [0.15, 0.2) is 6.61 Å². The largest absolute Gasteiger partial charge is 0.483 e. The van der Waals surface area contributed by atoms with E-state index in [4.69, 9.17) is 16.3 Å². The summed E-state index contributed by atoms with van der Waals surface area (Å²) in [5.41, 5.74) is 2.95. The molecule has 0 aliphatic heterocycles. The lowest BCUT2D eigenvalue weighted by Crippen LogP contribution is -2.43. The molecule has 122 valence electrons. The van der Waals surface area contributed by atoms with E-state index < -0.39 is 15.9 Å². The quantitative estimate of drug-likeness (QED) is 0.777. The summed E-state index contributed by atoms with van der Waals surface area (Å²) in [7, 11) is -3.95. The first kappa shape index (κ1) is 17.3. The molecule has 0 spiro atoms. The standard InChI is InChI=1S/C15H15ClN2O4S/c1-11-6-2-4-8-13(11)22-10-15(19)17-18-23(20,21)14-9-5-3-7-12(14)16/h2-9,18H,10H2,1H3,(H,17,19). The highest BCUT2D eigenvalue weighted by Gasteiger charge is 2.18. The first-order valence-electron chi connectivity index (χ1n) is 6.64. The van der Waals surface area contributed by atoms with Gasteiger partial charge >= 0.3 is 0 Å². The molecule has 2 aromatic carbocycles. The molecule has 1 amide bonds. The van der Waals surface area contributed by atoms with Crippen LogP contribution in [0.25, 0.3) is 0 Å². The van der Waals surface area contributed by atoms with Crippen LogP contribution < -0.4 is 15.0 Å². The summed E-state index contributed by atoms with van der Waals surface area (Å²) in [5, 5.41) is 0.0606. The van der Waals surface area contributed by atoms with Crippen molar-refractivity contribution in [3.05, 3.63) is 59.1 Å².